The lowest BCUT2D eigenvalue weighted by atomic mass is 10.2. The molecule has 1 aliphatic heterocycles. The van der Waals surface area contributed by atoms with Crippen molar-refractivity contribution < 1.29 is 9.53 Å². The Morgan fingerprint density at radius 3 is 3.00 bits per heavy atom. The van der Waals surface area contributed by atoms with Crippen LogP contribution < -0.4 is 0 Å². The Kier molecular flexibility index (Phi) is 1.31. The summed E-state index contributed by atoms with van der Waals surface area (Å²) in [5.74, 6) is 0.00407. The number of cyclic esters (lactones) is 1. The van der Waals surface area contributed by atoms with E-state index in [-0.39, 0.29) is 5.97 Å². The van der Waals surface area contributed by atoms with Crippen LogP contribution in [0.3, 0.4) is 0 Å². The Bertz CT molecular complexity index is 353. The Morgan fingerprint density at radius 2 is 2.36 bits per heavy atom. The summed E-state index contributed by atoms with van der Waals surface area (Å²) in [4.78, 5) is 11.0. The molecule has 11 heavy (non-hydrogen) atoms. The van der Waals surface area contributed by atoms with Gasteiger partial charge in [-0.15, -0.1) is 11.3 Å². The molecule has 0 N–H and O–H groups in total. The van der Waals surface area contributed by atoms with Crippen molar-refractivity contribution >= 4 is 34.7 Å². The van der Waals surface area contributed by atoms with E-state index in [9.17, 15) is 4.79 Å². The summed E-state index contributed by atoms with van der Waals surface area (Å²) in [6.45, 7) is 3.56. The highest BCUT2D eigenvalue weighted by Gasteiger charge is 2.28. The van der Waals surface area contributed by atoms with Crippen LogP contribution in [-0.4, -0.2) is 5.97 Å². The van der Waals surface area contributed by atoms with Crippen LogP contribution in [0.25, 0.3) is 5.76 Å². The third-order valence-electron chi connectivity index (χ3n) is 1.46. The molecule has 4 heteroatoms. The summed E-state index contributed by atoms with van der Waals surface area (Å²) >= 11 is 7.09. The van der Waals surface area contributed by atoms with Gasteiger partial charge in [-0.05, 0) is 0 Å². The number of fused-ring (bicyclic) bond motifs is 1. The number of carbonyl (C=O) groups excluding carboxylic acids is 1. The third kappa shape index (κ3) is 0.814. The van der Waals surface area contributed by atoms with E-state index in [1.807, 2.05) is 0 Å². The highest BCUT2D eigenvalue weighted by atomic mass is 35.5. The van der Waals surface area contributed by atoms with Gasteiger partial charge in [0.25, 0.3) is 0 Å². The quantitative estimate of drug-likeness (QED) is 0.582. The fourth-order valence-corrected chi connectivity index (χ4v) is 2.08. The smallest absolute Gasteiger partial charge is 0.345 e. The first kappa shape index (κ1) is 6.88. The molecule has 2 nitrogen and oxygen atoms in total. The molecule has 0 bridgehead atoms. The zero-order valence-electron chi connectivity index (χ0n) is 5.39. The first-order valence-electron chi connectivity index (χ1n) is 2.88. The predicted molar refractivity (Wildman–Crippen MR) is 43.8 cm³/mol. The van der Waals surface area contributed by atoms with Gasteiger partial charge in [-0.2, -0.15) is 0 Å². The fraction of sp³-hybridized carbons (Fsp3) is 0. The van der Waals surface area contributed by atoms with Gasteiger partial charge in [0.2, 0.25) is 0 Å². The Balaban J connectivity index is 2.72. The van der Waals surface area contributed by atoms with E-state index in [1.165, 1.54) is 11.3 Å². The molecule has 0 radical (unpaired) electrons. The van der Waals surface area contributed by atoms with E-state index in [2.05, 4.69) is 6.58 Å². The van der Waals surface area contributed by atoms with Crippen LogP contribution in [0.1, 0.15) is 15.9 Å². The average molecular weight is 187 g/mol. The van der Waals surface area contributed by atoms with Gasteiger partial charge in [0.15, 0.2) is 0 Å². The zero-order valence-corrected chi connectivity index (χ0v) is 6.96. The summed E-state index contributed by atoms with van der Waals surface area (Å²) in [5, 5.41) is 1.68. The topological polar surface area (TPSA) is 26.3 Å². The van der Waals surface area contributed by atoms with E-state index in [4.69, 9.17) is 16.3 Å². The summed E-state index contributed by atoms with van der Waals surface area (Å²) in [7, 11) is 0. The summed E-state index contributed by atoms with van der Waals surface area (Å²) in [5.41, 5.74) is 1.19. The maximum absolute atomic E-state index is 11.0. The lowest BCUT2D eigenvalue weighted by Crippen LogP contribution is -1.90. The van der Waals surface area contributed by atoms with Crippen LogP contribution >= 0.6 is 22.9 Å². The Labute approximate surface area is 72.0 Å². The molecule has 0 aromatic carbocycles. The summed E-state index contributed by atoms with van der Waals surface area (Å²) < 4.78 is 5.31. The molecule has 0 saturated carbocycles. The van der Waals surface area contributed by atoms with Crippen LogP contribution in [0, 0.1) is 0 Å². The molecule has 0 unspecified atom stereocenters. The van der Waals surface area contributed by atoms with Crippen molar-refractivity contribution in [3.63, 3.8) is 0 Å². The van der Waals surface area contributed by atoms with Crippen molar-refractivity contribution in [1.82, 2.24) is 0 Å². The van der Waals surface area contributed by atoms with Crippen LogP contribution in [0.15, 0.2) is 12.0 Å². The van der Waals surface area contributed by atoms with Gasteiger partial charge in [-0.3, -0.25) is 0 Å². The number of rotatable bonds is 0. The van der Waals surface area contributed by atoms with Gasteiger partial charge < -0.3 is 4.74 Å². The molecule has 0 saturated heterocycles. The van der Waals surface area contributed by atoms with E-state index >= 15 is 0 Å². The molecule has 1 aliphatic rings. The second-order valence-corrected chi connectivity index (χ2v) is 3.59. The molecule has 2 rings (SSSR count). The second-order valence-electron chi connectivity index (χ2n) is 2.11. The zero-order chi connectivity index (χ0) is 8.01. The van der Waals surface area contributed by atoms with Gasteiger partial charge in [0.05, 0.1) is 11.1 Å². The van der Waals surface area contributed by atoms with E-state index < -0.39 is 0 Å². The largest absolute Gasteiger partial charge is 0.423 e. The maximum atomic E-state index is 11.0. The number of hydrogen-bond acceptors (Lipinski definition) is 3. The van der Waals surface area contributed by atoms with Crippen LogP contribution in [0.2, 0.25) is 4.34 Å². The minimum Gasteiger partial charge on any atom is -0.423 e. The summed E-state index contributed by atoms with van der Waals surface area (Å²) in [6.07, 6.45) is 0. The fourth-order valence-electron chi connectivity index (χ4n) is 0.962. The van der Waals surface area contributed by atoms with Crippen LogP contribution in [0.4, 0.5) is 0 Å². The lowest BCUT2D eigenvalue weighted by molar-refractivity contribution is 0.0716. The number of thiophene rings is 1. The highest BCUT2D eigenvalue weighted by Crippen LogP contribution is 2.38. The van der Waals surface area contributed by atoms with Crippen molar-refractivity contribution in [1.29, 1.82) is 0 Å². The molecular formula is C7H3ClO2S. The predicted octanol–water partition coefficient (Wildman–Crippen LogP) is 2.54. The number of ether oxygens (including phenoxy) is 1. The normalized spacial score (nSPS) is 15.0. The minimum atomic E-state index is -0.354. The van der Waals surface area contributed by atoms with Gasteiger partial charge in [-0.25, -0.2) is 4.79 Å². The van der Waals surface area contributed by atoms with E-state index in [0.717, 1.165) is 0 Å². The maximum Gasteiger partial charge on any atom is 0.345 e. The number of hydrogen-bond donors (Lipinski definition) is 0. The standard InChI is InChI=1S/C7H3ClO2S/c1-3-5-4(7(9)10-3)2-11-6(5)8/h2H,1H2. The van der Waals surface area contributed by atoms with Gasteiger partial charge in [0.1, 0.15) is 10.1 Å². The van der Waals surface area contributed by atoms with Crippen LogP contribution in [-0.2, 0) is 4.74 Å². The van der Waals surface area contributed by atoms with Crippen LogP contribution in [0.5, 0.6) is 0 Å². The van der Waals surface area contributed by atoms with E-state index in [0.29, 0.717) is 21.2 Å². The monoisotopic (exact) mass is 186 g/mol. The number of halogens is 1. The molecule has 0 spiro atoms. The molecule has 0 aliphatic carbocycles. The first-order valence-corrected chi connectivity index (χ1v) is 4.14. The molecule has 0 atom stereocenters. The molecule has 1 aromatic rings. The van der Waals surface area contributed by atoms with Crippen molar-refractivity contribution in [2.45, 2.75) is 0 Å². The van der Waals surface area contributed by atoms with Gasteiger partial charge in [0, 0.05) is 5.38 Å². The van der Waals surface area contributed by atoms with E-state index in [1.54, 1.807) is 5.38 Å². The first-order chi connectivity index (χ1) is 5.20. The van der Waals surface area contributed by atoms with Crippen molar-refractivity contribution in [3.8, 4) is 0 Å². The van der Waals surface area contributed by atoms with Gasteiger partial charge in [-0.1, -0.05) is 18.2 Å². The molecule has 2 heterocycles. The van der Waals surface area contributed by atoms with Crippen molar-refractivity contribution in [3.05, 3.63) is 27.4 Å². The van der Waals surface area contributed by atoms with Crippen molar-refractivity contribution in [2.24, 2.45) is 0 Å². The number of carbonyl (C=O) groups is 1. The second kappa shape index (κ2) is 2.09. The molecule has 0 fully saturated rings. The molecule has 1 aromatic heterocycles. The minimum absolute atomic E-state index is 0.354. The van der Waals surface area contributed by atoms with Crippen molar-refractivity contribution in [2.75, 3.05) is 0 Å². The summed E-state index contributed by atoms with van der Waals surface area (Å²) in [6, 6.07) is 0. The third-order valence-corrected chi connectivity index (χ3v) is 2.68. The molecule has 0 amide bonds. The molecule has 56 valence electrons. The van der Waals surface area contributed by atoms with Gasteiger partial charge >= 0.3 is 5.97 Å². The number of esters is 1. The Morgan fingerprint density at radius 1 is 1.64 bits per heavy atom. The lowest BCUT2D eigenvalue weighted by Gasteiger charge is -1.91. The Hall–Kier alpha value is -0.800. The molecular weight excluding hydrogens is 184 g/mol. The SMILES string of the molecule is C=C1OC(=O)c2csc(Cl)c21. The average Bonchev–Trinajstić information content (AvgIpc) is 2.41. The highest BCUT2D eigenvalue weighted by molar-refractivity contribution is 7.15.